The van der Waals surface area contributed by atoms with Gasteiger partial charge in [0.25, 0.3) is 11.7 Å². The standard InChI is InChI=1S/C28H26N8O5/c1-40-21-8-7-19(26-31-33-36(32-26)16-22(37)41-2)24-23(21)20(15-30-24)25(38)28(39)35-13-11-34(12-14-35)27-18-6-4-3-5-17(18)9-10-29-27/h3-10,15,30H,11-14,16H2,1-2H3. The van der Waals surface area contributed by atoms with Crippen LogP contribution in [0.25, 0.3) is 33.1 Å². The molecule has 0 unspecified atom stereocenters. The van der Waals surface area contributed by atoms with E-state index in [0.29, 0.717) is 48.4 Å². The molecule has 208 valence electrons. The van der Waals surface area contributed by atoms with Gasteiger partial charge in [-0.05, 0) is 28.8 Å². The summed E-state index contributed by atoms with van der Waals surface area (Å²) in [7, 11) is 2.76. The number of esters is 1. The lowest BCUT2D eigenvalue weighted by atomic mass is 10.0. The number of H-pyrrole nitrogens is 1. The van der Waals surface area contributed by atoms with Crippen molar-refractivity contribution in [3.63, 3.8) is 0 Å². The van der Waals surface area contributed by atoms with E-state index < -0.39 is 17.7 Å². The Morgan fingerprint density at radius 2 is 1.80 bits per heavy atom. The number of anilines is 1. The average molecular weight is 555 g/mol. The fourth-order valence-corrected chi connectivity index (χ4v) is 5.09. The van der Waals surface area contributed by atoms with Crippen LogP contribution in [-0.2, 0) is 20.9 Å². The number of methoxy groups -OCH3 is 2. The molecular weight excluding hydrogens is 528 g/mol. The number of fused-ring (bicyclic) bond motifs is 2. The minimum Gasteiger partial charge on any atom is -0.496 e. The SMILES string of the molecule is COC(=O)Cn1nnc(-c2ccc(OC)c3c(C(=O)C(=O)N4CCN(c5nccc6ccccc56)CC4)c[nH]c23)n1. The molecule has 41 heavy (non-hydrogen) atoms. The maximum atomic E-state index is 13.5. The van der Waals surface area contributed by atoms with Crippen molar-refractivity contribution in [3.05, 3.63) is 60.4 Å². The number of Topliss-reactive ketones (excluding diaryl/α,β-unsaturated/α-hetero) is 1. The Balaban J connectivity index is 1.23. The zero-order valence-corrected chi connectivity index (χ0v) is 22.4. The molecule has 1 saturated heterocycles. The molecule has 4 heterocycles. The van der Waals surface area contributed by atoms with Crippen molar-refractivity contribution in [1.82, 2.24) is 35.1 Å². The van der Waals surface area contributed by atoms with E-state index in [9.17, 15) is 14.4 Å². The Labute approximate surface area is 233 Å². The molecule has 0 aliphatic carbocycles. The van der Waals surface area contributed by atoms with E-state index in [0.717, 1.165) is 21.4 Å². The smallest absolute Gasteiger partial charge is 0.329 e. The number of benzene rings is 2. The van der Waals surface area contributed by atoms with Gasteiger partial charge in [-0.15, -0.1) is 10.2 Å². The van der Waals surface area contributed by atoms with Crippen molar-refractivity contribution >= 4 is 45.2 Å². The van der Waals surface area contributed by atoms with Gasteiger partial charge in [0, 0.05) is 49.5 Å². The fourth-order valence-electron chi connectivity index (χ4n) is 5.09. The summed E-state index contributed by atoms with van der Waals surface area (Å²) >= 11 is 0. The Bertz CT molecular complexity index is 1780. The maximum absolute atomic E-state index is 13.5. The highest BCUT2D eigenvalue weighted by atomic mass is 16.5. The minimum absolute atomic E-state index is 0.184. The Kier molecular flexibility index (Phi) is 6.75. The molecule has 1 N–H and O–H groups in total. The van der Waals surface area contributed by atoms with E-state index in [4.69, 9.17) is 4.74 Å². The number of piperazine rings is 1. The Hall–Kier alpha value is -5.33. The molecular formula is C28H26N8O5. The lowest BCUT2D eigenvalue weighted by Gasteiger charge is -2.35. The van der Waals surface area contributed by atoms with Gasteiger partial charge in [-0.25, -0.2) is 9.78 Å². The molecule has 0 saturated carbocycles. The van der Waals surface area contributed by atoms with Gasteiger partial charge in [-0.1, -0.05) is 24.3 Å². The van der Waals surface area contributed by atoms with Crippen LogP contribution in [0.3, 0.4) is 0 Å². The van der Waals surface area contributed by atoms with E-state index >= 15 is 0 Å². The third-order valence-electron chi connectivity index (χ3n) is 7.17. The first kappa shape index (κ1) is 25.9. The first-order valence-corrected chi connectivity index (χ1v) is 12.9. The lowest BCUT2D eigenvalue weighted by molar-refractivity contribution is -0.141. The maximum Gasteiger partial charge on any atom is 0.329 e. The van der Waals surface area contributed by atoms with Gasteiger partial charge in [0.05, 0.1) is 30.7 Å². The second-order valence-electron chi connectivity index (χ2n) is 9.45. The summed E-state index contributed by atoms with van der Waals surface area (Å²) in [5.74, 6) is -0.250. The molecule has 1 aliphatic rings. The summed E-state index contributed by atoms with van der Waals surface area (Å²) in [6, 6.07) is 13.4. The number of aromatic amines is 1. The number of rotatable bonds is 7. The van der Waals surface area contributed by atoms with Crippen LogP contribution in [0.15, 0.2) is 54.9 Å². The summed E-state index contributed by atoms with van der Waals surface area (Å²) in [6.45, 7) is 1.67. The molecule has 1 amide bonds. The molecule has 2 aromatic carbocycles. The molecule has 6 rings (SSSR count). The van der Waals surface area contributed by atoms with Crippen molar-refractivity contribution in [2.45, 2.75) is 6.54 Å². The third-order valence-corrected chi connectivity index (χ3v) is 7.17. The molecule has 13 heteroatoms. The molecule has 5 aromatic rings. The first-order valence-electron chi connectivity index (χ1n) is 12.9. The summed E-state index contributed by atoms with van der Waals surface area (Å²) in [5.41, 5.74) is 1.22. The molecule has 1 fully saturated rings. The summed E-state index contributed by atoms with van der Waals surface area (Å²) in [5, 5.41) is 14.8. The van der Waals surface area contributed by atoms with Crippen molar-refractivity contribution in [2.24, 2.45) is 0 Å². The number of amides is 1. The van der Waals surface area contributed by atoms with Crippen LogP contribution in [0.2, 0.25) is 0 Å². The number of nitrogens with zero attached hydrogens (tertiary/aromatic N) is 7. The molecule has 0 atom stereocenters. The predicted octanol–water partition coefficient (Wildman–Crippen LogP) is 2.08. The number of ketones is 1. The Morgan fingerprint density at radius 1 is 1.00 bits per heavy atom. The number of pyridine rings is 1. The van der Waals surface area contributed by atoms with Gasteiger partial charge < -0.3 is 24.3 Å². The first-order chi connectivity index (χ1) is 20.0. The largest absolute Gasteiger partial charge is 0.496 e. The average Bonchev–Trinajstić information content (AvgIpc) is 3.67. The van der Waals surface area contributed by atoms with E-state index in [1.54, 1.807) is 23.2 Å². The number of nitrogens with one attached hydrogen (secondary N) is 1. The summed E-state index contributed by atoms with van der Waals surface area (Å²) < 4.78 is 10.2. The number of ether oxygens (including phenoxy) is 2. The van der Waals surface area contributed by atoms with Crippen LogP contribution in [-0.4, -0.2) is 93.1 Å². The van der Waals surface area contributed by atoms with Crippen molar-refractivity contribution in [3.8, 4) is 17.1 Å². The number of carbonyl (C=O) groups is 3. The van der Waals surface area contributed by atoms with Crippen molar-refractivity contribution in [1.29, 1.82) is 0 Å². The number of carbonyl (C=O) groups excluding carboxylic acids is 3. The van der Waals surface area contributed by atoms with Crippen LogP contribution in [0.4, 0.5) is 5.82 Å². The highest BCUT2D eigenvalue weighted by Crippen LogP contribution is 2.35. The summed E-state index contributed by atoms with van der Waals surface area (Å²) in [4.78, 5) is 51.0. The van der Waals surface area contributed by atoms with Gasteiger partial charge >= 0.3 is 5.97 Å². The quantitative estimate of drug-likeness (QED) is 0.180. The molecule has 1 aliphatic heterocycles. The van der Waals surface area contributed by atoms with Gasteiger partial charge in [-0.3, -0.25) is 9.59 Å². The Morgan fingerprint density at radius 3 is 2.59 bits per heavy atom. The van der Waals surface area contributed by atoms with Crippen molar-refractivity contribution in [2.75, 3.05) is 45.3 Å². The van der Waals surface area contributed by atoms with Crippen LogP contribution < -0.4 is 9.64 Å². The topological polar surface area (TPSA) is 148 Å². The number of hydrogen-bond acceptors (Lipinski definition) is 10. The van der Waals surface area contributed by atoms with Crippen LogP contribution in [0.1, 0.15) is 10.4 Å². The van der Waals surface area contributed by atoms with Crippen molar-refractivity contribution < 1.29 is 23.9 Å². The highest BCUT2D eigenvalue weighted by molar-refractivity contribution is 6.45. The predicted molar refractivity (Wildman–Crippen MR) is 149 cm³/mol. The van der Waals surface area contributed by atoms with Crippen LogP contribution in [0, 0.1) is 0 Å². The van der Waals surface area contributed by atoms with E-state index in [1.165, 1.54) is 20.4 Å². The van der Waals surface area contributed by atoms with Crippen LogP contribution in [0.5, 0.6) is 5.75 Å². The molecule has 0 spiro atoms. The highest BCUT2D eigenvalue weighted by Gasteiger charge is 2.31. The van der Waals surface area contributed by atoms with Gasteiger partial charge in [-0.2, -0.15) is 4.80 Å². The molecule has 3 aromatic heterocycles. The van der Waals surface area contributed by atoms with E-state index in [-0.39, 0.29) is 17.9 Å². The zero-order chi connectivity index (χ0) is 28.5. The zero-order valence-electron chi connectivity index (χ0n) is 22.4. The normalized spacial score (nSPS) is 13.5. The van der Waals surface area contributed by atoms with Gasteiger partial charge in [0.1, 0.15) is 11.6 Å². The molecule has 0 radical (unpaired) electrons. The number of tetrazole rings is 1. The van der Waals surface area contributed by atoms with E-state index in [2.05, 4.69) is 35.0 Å². The molecule has 13 nitrogen and oxygen atoms in total. The van der Waals surface area contributed by atoms with Crippen LogP contribution >= 0.6 is 0 Å². The second kappa shape index (κ2) is 10.7. The number of hydrogen-bond donors (Lipinski definition) is 1. The molecule has 0 bridgehead atoms. The van der Waals surface area contributed by atoms with Gasteiger partial charge in [0.2, 0.25) is 5.82 Å². The number of aromatic nitrogens is 6. The lowest BCUT2D eigenvalue weighted by Crippen LogP contribution is -2.50. The second-order valence-corrected chi connectivity index (χ2v) is 9.45. The fraction of sp³-hybridized carbons (Fsp3) is 0.250. The third kappa shape index (κ3) is 4.71. The summed E-state index contributed by atoms with van der Waals surface area (Å²) in [6.07, 6.45) is 3.28. The van der Waals surface area contributed by atoms with Gasteiger partial charge in [0.15, 0.2) is 6.54 Å². The minimum atomic E-state index is -0.647. The van der Waals surface area contributed by atoms with E-state index in [1.807, 2.05) is 30.3 Å². The monoisotopic (exact) mass is 554 g/mol.